The minimum atomic E-state index is -0.331. The van der Waals surface area contributed by atoms with Crippen molar-refractivity contribution in [1.82, 2.24) is 14.9 Å². The number of rotatable bonds is 10. The maximum Gasteiger partial charge on any atom is 0.252 e. The number of nitrogens with zero attached hydrogens (tertiary/aromatic N) is 2. The highest BCUT2D eigenvalue weighted by atomic mass is 35.5. The smallest absolute Gasteiger partial charge is 0.252 e. The SMILES string of the molecule is C/C=C/C(COC)=C(/CNC(=O)c1cc(-c2ccc(OC)nc2)cc2c1c(Cl)cn2C(C)C)C(C)=O. The number of Topliss-reactive ketones (excluding diaryl/α,β-unsaturated/α-hetero) is 1. The number of amides is 1. The molecule has 36 heavy (non-hydrogen) atoms. The van der Waals surface area contributed by atoms with Crippen LogP contribution in [0.5, 0.6) is 5.88 Å². The van der Waals surface area contributed by atoms with Crippen molar-refractivity contribution in [2.45, 2.75) is 33.7 Å². The van der Waals surface area contributed by atoms with Crippen molar-refractivity contribution >= 4 is 34.2 Å². The second-order valence-corrected chi connectivity index (χ2v) is 9.07. The number of halogens is 1. The third-order valence-corrected chi connectivity index (χ3v) is 6.16. The molecule has 2 aromatic heterocycles. The van der Waals surface area contributed by atoms with Crippen molar-refractivity contribution in [2.24, 2.45) is 0 Å². The van der Waals surface area contributed by atoms with Crippen LogP contribution >= 0.6 is 11.6 Å². The quantitative estimate of drug-likeness (QED) is 0.276. The lowest BCUT2D eigenvalue weighted by Gasteiger charge is -2.15. The average molecular weight is 510 g/mol. The number of benzene rings is 1. The van der Waals surface area contributed by atoms with Gasteiger partial charge in [0.05, 0.1) is 29.8 Å². The maximum atomic E-state index is 13.5. The van der Waals surface area contributed by atoms with Crippen molar-refractivity contribution in [1.29, 1.82) is 0 Å². The highest BCUT2D eigenvalue weighted by molar-refractivity contribution is 6.37. The number of pyridine rings is 1. The second-order valence-electron chi connectivity index (χ2n) is 8.66. The van der Waals surface area contributed by atoms with Gasteiger partial charge in [0, 0.05) is 54.7 Å². The highest BCUT2D eigenvalue weighted by Gasteiger charge is 2.21. The molecule has 0 radical (unpaired) electrons. The fraction of sp³-hybridized carbons (Fsp3) is 0.321. The number of ether oxygens (including phenoxy) is 2. The van der Waals surface area contributed by atoms with E-state index < -0.39 is 0 Å². The van der Waals surface area contributed by atoms with Gasteiger partial charge < -0.3 is 19.4 Å². The van der Waals surface area contributed by atoms with Crippen LogP contribution in [-0.4, -0.2) is 48.6 Å². The third kappa shape index (κ3) is 5.86. The molecule has 3 aromatic rings. The number of carbonyl (C=O) groups is 2. The fourth-order valence-electron chi connectivity index (χ4n) is 4.10. The molecule has 190 valence electrons. The van der Waals surface area contributed by atoms with E-state index >= 15 is 0 Å². The molecule has 2 heterocycles. The first-order chi connectivity index (χ1) is 17.2. The van der Waals surface area contributed by atoms with E-state index in [4.69, 9.17) is 21.1 Å². The first kappa shape index (κ1) is 27.2. The highest BCUT2D eigenvalue weighted by Crippen LogP contribution is 2.35. The summed E-state index contributed by atoms with van der Waals surface area (Å²) in [4.78, 5) is 30.2. The predicted molar refractivity (Wildman–Crippen MR) is 144 cm³/mol. The zero-order valence-electron chi connectivity index (χ0n) is 21.5. The van der Waals surface area contributed by atoms with Crippen LogP contribution in [0.4, 0.5) is 0 Å². The van der Waals surface area contributed by atoms with Crippen molar-refractivity contribution in [3.63, 3.8) is 0 Å². The summed E-state index contributed by atoms with van der Waals surface area (Å²) < 4.78 is 12.5. The lowest BCUT2D eigenvalue weighted by atomic mass is 10.00. The Morgan fingerprint density at radius 2 is 1.94 bits per heavy atom. The molecule has 1 aromatic carbocycles. The lowest BCUT2D eigenvalue weighted by Crippen LogP contribution is -2.28. The third-order valence-electron chi connectivity index (χ3n) is 5.87. The molecule has 3 rings (SSSR count). The molecule has 0 saturated heterocycles. The molecular weight excluding hydrogens is 478 g/mol. The normalized spacial score (nSPS) is 12.3. The van der Waals surface area contributed by atoms with Crippen LogP contribution in [0, 0.1) is 0 Å². The molecule has 0 bridgehead atoms. The van der Waals surface area contributed by atoms with Crippen molar-refractivity contribution in [3.8, 4) is 17.0 Å². The summed E-state index contributed by atoms with van der Waals surface area (Å²) in [6.07, 6.45) is 7.20. The molecular formula is C28H32ClN3O4. The van der Waals surface area contributed by atoms with Crippen LogP contribution in [0.15, 0.2) is 60.0 Å². The van der Waals surface area contributed by atoms with Gasteiger partial charge in [-0.1, -0.05) is 23.8 Å². The Morgan fingerprint density at radius 3 is 2.50 bits per heavy atom. The number of ketones is 1. The minimum Gasteiger partial charge on any atom is -0.481 e. The van der Waals surface area contributed by atoms with Gasteiger partial charge in [-0.05, 0) is 57.0 Å². The van der Waals surface area contributed by atoms with Gasteiger partial charge in [0.2, 0.25) is 5.88 Å². The van der Waals surface area contributed by atoms with Crippen LogP contribution in [-0.2, 0) is 9.53 Å². The zero-order valence-corrected chi connectivity index (χ0v) is 22.3. The molecule has 7 nitrogen and oxygen atoms in total. The van der Waals surface area contributed by atoms with Gasteiger partial charge in [-0.2, -0.15) is 0 Å². The van der Waals surface area contributed by atoms with Gasteiger partial charge in [0.1, 0.15) is 0 Å². The van der Waals surface area contributed by atoms with Gasteiger partial charge in [-0.15, -0.1) is 0 Å². The molecule has 8 heteroatoms. The largest absolute Gasteiger partial charge is 0.481 e. The number of fused-ring (bicyclic) bond motifs is 1. The van der Waals surface area contributed by atoms with Crippen LogP contribution in [0.2, 0.25) is 5.02 Å². The molecule has 0 unspecified atom stereocenters. The van der Waals surface area contributed by atoms with Gasteiger partial charge in [0.25, 0.3) is 5.91 Å². The Bertz CT molecular complexity index is 1320. The first-order valence-electron chi connectivity index (χ1n) is 11.7. The Labute approximate surface area is 216 Å². The van der Waals surface area contributed by atoms with Gasteiger partial charge in [0.15, 0.2) is 5.78 Å². The van der Waals surface area contributed by atoms with E-state index in [0.717, 1.165) is 22.2 Å². The molecule has 0 saturated carbocycles. The average Bonchev–Trinajstić information content (AvgIpc) is 3.20. The summed E-state index contributed by atoms with van der Waals surface area (Å²) in [5.41, 5.74) is 4.12. The standard InChI is InChI=1S/C28H32ClN3O4/c1-7-8-20(16-35-5)23(18(4)33)14-31-28(34)22-11-21(19-9-10-26(36-6)30-13-19)12-25-27(22)24(29)15-32(25)17(2)3/h7-13,15,17H,14,16H2,1-6H3,(H,31,34)/b8-7+,23-20+. The number of hydrogen-bond acceptors (Lipinski definition) is 5. The Morgan fingerprint density at radius 1 is 1.19 bits per heavy atom. The van der Waals surface area contributed by atoms with Gasteiger partial charge >= 0.3 is 0 Å². The van der Waals surface area contributed by atoms with Crippen LogP contribution in [0.1, 0.15) is 44.1 Å². The summed E-state index contributed by atoms with van der Waals surface area (Å²) in [5.74, 6) is 0.0401. The van der Waals surface area contributed by atoms with E-state index in [0.29, 0.717) is 27.4 Å². The zero-order chi connectivity index (χ0) is 26.4. The maximum absolute atomic E-state index is 13.5. The molecule has 0 aliphatic rings. The summed E-state index contributed by atoms with van der Waals surface area (Å²) in [6, 6.07) is 7.60. The monoisotopic (exact) mass is 509 g/mol. The minimum absolute atomic E-state index is 0.0650. The molecule has 0 spiro atoms. The number of hydrogen-bond donors (Lipinski definition) is 1. The summed E-state index contributed by atoms with van der Waals surface area (Å²) in [7, 11) is 3.13. The molecule has 1 amide bonds. The Kier molecular flexibility index (Phi) is 9.07. The van der Waals surface area contributed by atoms with Gasteiger partial charge in [-0.3, -0.25) is 9.59 Å². The Balaban J connectivity index is 2.10. The molecule has 0 aliphatic heterocycles. The summed E-state index contributed by atoms with van der Waals surface area (Å²) in [6.45, 7) is 7.79. The van der Waals surface area contributed by atoms with Crippen molar-refractivity contribution in [3.05, 3.63) is 70.5 Å². The van der Waals surface area contributed by atoms with E-state index in [2.05, 4.69) is 24.1 Å². The van der Waals surface area contributed by atoms with E-state index in [1.54, 1.807) is 32.5 Å². The van der Waals surface area contributed by atoms with Crippen molar-refractivity contribution < 1.29 is 19.1 Å². The van der Waals surface area contributed by atoms with Crippen LogP contribution in [0.3, 0.4) is 0 Å². The molecule has 0 aliphatic carbocycles. The van der Waals surface area contributed by atoms with E-state index in [1.807, 2.05) is 42.0 Å². The van der Waals surface area contributed by atoms with Crippen molar-refractivity contribution in [2.75, 3.05) is 27.4 Å². The van der Waals surface area contributed by atoms with E-state index in [-0.39, 0.29) is 30.9 Å². The lowest BCUT2D eigenvalue weighted by molar-refractivity contribution is -0.113. The number of carbonyl (C=O) groups excluding carboxylic acids is 2. The first-order valence-corrected chi connectivity index (χ1v) is 12.1. The molecule has 0 atom stereocenters. The number of allylic oxidation sites excluding steroid dienone is 1. The Hall–Kier alpha value is -3.42. The van der Waals surface area contributed by atoms with E-state index in [9.17, 15) is 9.59 Å². The summed E-state index contributed by atoms with van der Waals surface area (Å²) in [5, 5.41) is 4.07. The van der Waals surface area contributed by atoms with Crippen LogP contribution < -0.4 is 10.1 Å². The second kappa shape index (κ2) is 12.0. The van der Waals surface area contributed by atoms with Gasteiger partial charge in [-0.25, -0.2) is 4.98 Å². The summed E-state index contributed by atoms with van der Waals surface area (Å²) >= 11 is 6.64. The number of aromatic nitrogens is 2. The van der Waals surface area contributed by atoms with Crippen LogP contribution in [0.25, 0.3) is 22.0 Å². The predicted octanol–water partition coefficient (Wildman–Crippen LogP) is 5.78. The molecule has 1 N–H and O–H groups in total. The topological polar surface area (TPSA) is 82.4 Å². The molecule has 0 fully saturated rings. The fourth-order valence-corrected chi connectivity index (χ4v) is 4.41. The van der Waals surface area contributed by atoms with E-state index in [1.165, 1.54) is 6.92 Å². The number of methoxy groups -OCH3 is 2. The number of nitrogens with one attached hydrogen (secondary N) is 1.